The summed E-state index contributed by atoms with van der Waals surface area (Å²) in [7, 11) is 0. The zero-order valence-electron chi connectivity index (χ0n) is 21.0. The first kappa shape index (κ1) is 24.5. The predicted octanol–water partition coefficient (Wildman–Crippen LogP) is 5.94. The number of hydrogen-bond acceptors (Lipinski definition) is 5. The fourth-order valence-corrected chi connectivity index (χ4v) is 7.72. The van der Waals surface area contributed by atoms with Gasteiger partial charge in [0.25, 0.3) is 0 Å². The Balaban J connectivity index is 1.61. The van der Waals surface area contributed by atoms with Crippen LogP contribution in [0.3, 0.4) is 0 Å². The van der Waals surface area contributed by atoms with Gasteiger partial charge in [0, 0.05) is 37.5 Å². The number of fused-ring (bicyclic) bond motifs is 5. The van der Waals surface area contributed by atoms with Crippen LogP contribution in [-0.2, 0) is 23.9 Å². The molecule has 0 bridgehead atoms. The normalized spacial score (nSPS) is 39.7. The Bertz CT molecular complexity index is 815. The van der Waals surface area contributed by atoms with E-state index in [1.54, 1.807) is 0 Å². The van der Waals surface area contributed by atoms with Crippen LogP contribution in [-0.4, -0.2) is 29.9 Å². The molecule has 4 aliphatic carbocycles. The Morgan fingerprint density at radius 1 is 1.00 bits per heavy atom. The zero-order chi connectivity index (χ0) is 23.8. The van der Waals surface area contributed by atoms with Gasteiger partial charge in [-0.05, 0) is 61.9 Å². The molecule has 4 aliphatic rings. The van der Waals surface area contributed by atoms with Crippen molar-refractivity contribution in [3.8, 4) is 0 Å². The lowest BCUT2D eigenvalue weighted by Gasteiger charge is -2.58. The average molecular weight is 459 g/mol. The Morgan fingerprint density at radius 3 is 2.45 bits per heavy atom. The highest BCUT2D eigenvalue weighted by Crippen LogP contribution is 2.64. The number of carbonyl (C=O) groups excluding carboxylic acids is 3. The minimum atomic E-state index is -0.275. The van der Waals surface area contributed by atoms with E-state index in [4.69, 9.17) is 9.47 Å². The second kappa shape index (κ2) is 9.54. The molecular formula is C28H42O5. The van der Waals surface area contributed by atoms with E-state index >= 15 is 0 Å². The van der Waals surface area contributed by atoms with Gasteiger partial charge in [-0.3, -0.25) is 14.4 Å². The fourth-order valence-electron chi connectivity index (χ4n) is 7.72. The molecule has 4 rings (SSSR count). The van der Waals surface area contributed by atoms with E-state index in [9.17, 15) is 14.4 Å². The maximum absolute atomic E-state index is 12.9. The molecule has 0 radical (unpaired) electrons. The highest BCUT2D eigenvalue weighted by atomic mass is 16.5. The molecule has 184 valence electrons. The van der Waals surface area contributed by atoms with E-state index in [0.29, 0.717) is 24.5 Å². The minimum Gasteiger partial charge on any atom is -0.462 e. The smallest absolute Gasteiger partial charge is 0.306 e. The first-order chi connectivity index (χ1) is 15.7. The summed E-state index contributed by atoms with van der Waals surface area (Å²) in [6, 6.07) is 0. The van der Waals surface area contributed by atoms with Gasteiger partial charge in [-0.25, -0.2) is 0 Å². The van der Waals surface area contributed by atoms with Crippen molar-refractivity contribution >= 4 is 17.7 Å². The van der Waals surface area contributed by atoms with Crippen LogP contribution < -0.4 is 0 Å². The minimum absolute atomic E-state index is 0.0261. The summed E-state index contributed by atoms with van der Waals surface area (Å²) in [6.45, 7) is 8.16. The lowest BCUT2D eigenvalue weighted by Crippen LogP contribution is -2.55. The molecule has 3 fully saturated rings. The van der Waals surface area contributed by atoms with E-state index in [1.165, 1.54) is 12.5 Å². The molecule has 33 heavy (non-hydrogen) atoms. The number of ketones is 1. The third-order valence-electron chi connectivity index (χ3n) is 9.61. The molecule has 0 aromatic heterocycles. The third-order valence-corrected chi connectivity index (χ3v) is 9.61. The number of unbranched alkanes of at least 4 members (excludes halogenated alkanes) is 3. The fraction of sp³-hybridized carbons (Fsp3) is 0.821. The maximum atomic E-state index is 12.9. The summed E-state index contributed by atoms with van der Waals surface area (Å²) in [5, 5.41) is 0. The van der Waals surface area contributed by atoms with Crippen LogP contribution in [0.2, 0.25) is 0 Å². The summed E-state index contributed by atoms with van der Waals surface area (Å²) in [5.41, 5.74) is 1.04. The number of carbonyl (C=O) groups is 3. The van der Waals surface area contributed by atoms with E-state index in [-0.39, 0.29) is 46.8 Å². The van der Waals surface area contributed by atoms with Gasteiger partial charge in [0.15, 0.2) is 0 Å². The molecule has 5 nitrogen and oxygen atoms in total. The van der Waals surface area contributed by atoms with Crippen molar-refractivity contribution in [1.82, 2.24) is 0 Å². The van der Waals surface area contributed by atoms with Crippen LogP contribution >= 0.6 is 0 Å². The second-order valence-electron chi connectivity index (χ2n) is 11.6. The Kier molecular flexibility index (Phi) is 7.08. The summed E-state index contributed by atoms with van der Waals surface area (Å²) in [5.74, 6) is 0.938. The van der Waals surface area contributed by atoms with Gasteiger partial charge in [0.05, 0.1) is 0 Å². The number of ether oxygens (including phenoxy) is 2. The molecule has 0 heterocycles. The van der Waals surface area contributed by atoms with Crippen molar-refractivity contribution in [2.75, 3.05) is 0 Å². The number of Topliss-reactive ketones (excluding diaryl/α,β-unsaturated/α-hetero) is 1. The van der Waals surface area contributed by atoms with Crippen molar-refractivity contribution in [3.63, 3.8) is 0 Å². The summed E-state index contributed by atoms with van der Waals surface area (Å²) >= 11 is 0. The number of rotatable bonds is 7. The van der Waals surface area contributed by atoms with Crippen molar-refractivity contribution in [2.45, 2.75) is 117 Å². The van der Waals surface area contributed by atoms with Crippen LogP contribution in [0.4, 0.5) is 0 Å². The van der Waals surface area contributed by atoms with E-state index < -0.39 is 0 Å². The van der Waals surface area contributed by atoms with Crippen LogP contribution in [0, 0.1) is 28.6 Å². The van der Waals surface area contributed by atoms with Crippen LogP contribution in [0.25, 0.3) is 0 Å². The molecule has 0 amide bonds. The third kappa shape index (κ3) is 4.53. The lowest BCUT2D eigenvalue weighted by molar-refractivity contribution is -0.161. The van der Waals surface area contributed by atoms with Crippen LogP contribution in [0.1, 0.15) is 105 Å². The largest absolute Gasteiger partial charge is 0.462 e. The van der Waals surface area contributed by atoms with Crippen molar-refractivity contribution < 1.29 is 23.9 Å². The molecule has 3 unspecified atom stereocenters. The second-order valence-corrected chi connectivity index (χ2v) is 11.6. The number of esters is 2. The molecule has 0 N–H and O–H groups in total. The van der Waals surface area contributed by atoms with Crippen molar-refractivity contribution in [3.05, 3.63) is 11.6 Å². The van der Waals surface area contributed by atoms with Crippen LogP contribution in [0.5, 0.6) is 0 Å². The molecule has 0 aliphatic heterocycles. The molecule has 0 spiro atoms. The Hall–Kier alpha value is -1.65. The monoisotopic (exact) mass is 458 g/mol. The number of hydrogen-bond donors (Lipinski definition) is 0. The van der Waals surface area contributed by atoms with Gasteiger partial charge in [-0.1, -0.05) is 45.6 Å². The quantitative estimate of drug-likeness (QED) is 0.268. The molecule has 5 heteroatoms. The summed E-state index contributed by atoms with van der Waals surface area (Å²) < 4.78 is 11.8. The molecule has 7 atom stereocenters. The molecule has 3 saturated carbocycles. The van der Waals surface area contributed by atoms with Gasteiger partial charge < -0.3 is 9.47 Å². The highest BCUT2D eigenvalue weighted by Gasteiger charge is 2.61. The molecule has 0 aromatic carbocycles. The van der Waals surface area contributed by atoms with Gasteiger partial charge >= 0.3 is 11.9 Å². The topological polar surface area (TPSA) is 69.7 Å². The zero-order valence-corrected chi connectivity index (χ0v) is 21.0. The SMILES string of the molecule is CCCCCCC(=O)O[C@@H]1C=C2C[C@@H](OC(C)=O)CC[C@]2(C)C2CC[C@]3(C)C(=O)CCC3C21. The van der Waals surface area contributed by atoms with Gasteiger partial charge in [0.2, 0.25) is 0 Å². The predicted molar refractivity (Wildman–Crippen MR) is 126 cm³/mol. The molecular weight excluding hydrogens is 416 g/mol. The van der Waals surface area contributed by atoms with Crippen LogP contribution in [0.15, 0.2) is 11.6 Å². The highest BCUT2D eigenvalue weighted by molar-refractivity contribution is 5.87. The Morgan fingerprint density at radius 2 is 1.73 bits per heavy atom. The van der Waals surface area contributed by atoms with Gasteiger partial charge in [0.1, 0.15) is 18.0 Å². The van der Waals surface area contributed by atoms with Crippen molar-refractivity contribution in [1.29, 1.82) is 0 Å². The van der Waals surface area contributed by atoms with Gasteiger partial charge in [-0.2, -0.15) is 0 Å². The van der Waals surface area contributed by atoms with E-state index in [2.05, 4.69) is 26.8 Å². The first-order valence-corrected chi connectivity index (χ1v) is 13.3. The average Bonchev–Trinajstić information content (AvgIpc) is 3.06. The lowest BCUT2D eigenvalue weighted by atomic mass is 9.47. The Labute approximate surface area is 199 Å². The van der Waals surface area contributed by atoms with Crippen molar-refractivity contribution in [2.24, 2.45) is 28.6 Å². The first-order valence-electron chi connectivity index (χ1n) is 13.3. The van der Waals surface area contributed by atoms with Gasteiger partial charge in [-0.15, -0.1) is 0 Å². The molecule has 0 saturated heterocycles. The molecule has 0 aromatic rings. The summed E-state index contributed by atoms with van der Waals surface area (Å²) in [4.78, 5) is 37.3. The van der Waals surface area contributed by atoms with E-state index in [1.807, 2.05) is 0 Å². The standard InChI is InChI=1S/C28H42O5/c1-5-6-7-8-9-25(31)33-23-17-19-16-20(32-18(2)29)12-14-27(19,3)22-13-15-28(4)21(26(22)23)10-11-24(28)30/h17,20-23,26H,5-16H2,1-4H3/t20-,21?,22?,23+,26?,27-,28-/m0/s1. The van der Waals surface area contributed by atoms with E-state index in [0.717, 1.165) is 64.2 Å². The summed E-state index contributed by atoms with van der Waals surface area (Å²) in [6.07, 6.45) is 12.6. The maximum Gasteiger partial charge on any atom is 0.306 e.